The van der Waals surface area contributed by atoms with Crippen LogP contribution in [0.2, 0.25) is 0 Å². The van der Waals surface area contributed by atoms with Crippen molar-refractivity contribution in [2.45, 2.75) is 13.3 Å². The van der Waals surface area contributed by atoms with Gasteiger partial charge in [0.05, 0.1) is 0 Å². The number of rotatable bonds is 3. The molecule has 1 N–H and O–H groups in total. The van der Waals surface area contributed by atoms with Crippen LogP contribution in [0, 0.1) is 5.21 Å². The Labute approximate surface area is 101 Å². The van der Waals surface area contributed by atoms with Gasteiger partial charge in [-0.15, -0.1) is 0 Å². The summed E-state index contributed by atoms with van der Waals surface area (Å²) in [4.78, 5) is 30.7. The molecule has 8 nitrogen and oxygen atoms in total. The fourth-order valence-electron chi connectivity index (χ4n) is 1.60. The minimum absolute atomic E-state index is 0.0157. The van der Waals surface area contributed by atoms with Gasteiger partial charge in [-0.1, -0.05) is 6.92 Å². The van der Waals surface area contributed by atoms with Crippen molar-refractivity contribution >= 4 is 17.0 Å². The van der Waals surface area contributed by atoms with Crippen LogP contribution in [0.25, 0.3) is 11.2 Å². The van der Waals surface area contributed by atoms with Gasteiger partial charge in [-0.3, -0.25) is 14.2 Å². The Morgan fingerprint density at radius 3 is 2.72 bits per heavy atom. The van der Waals surface area contributed by atoms with E-state index in [0.717, 1.165) is 11.0 Å². The molecule has 0 spiro atoms. The summed E-state index contributed by atoms with van der Waals surface area (Å²) >= 11 is 0. The highest BCUT2D eigenvalue weighted by Gasteiger charge is 2.11. The summed E-state index contributed by atoms with van der Waals surface area (Å²) in [5.74, 6) is 0.254. The van der Waals surface area contributed by atoms with Crippen LogP contribution >= 0.6 is 0 Å². The van der Waals surface area contributed by atoms with Gasteiger partial charge in [0.15, 0.2) is 11.5 Å². The molecule has 18 heavy (non-hydrogen) atoms. The van der Waals surface area contributed by atoms with E-state index < -0.39 is 11.1 Å². The van der Waals surface area contributed by atoms with Crippen LogP contribution in [0.5, 0.6) is 0 Å². The van der Waals surface area contributed by atoms with Gasteiger partial charge in [0, 0.05) is 13.6 Å². The van der Waals surface area contributed by atoms with E-state index in [1.54, 1.807) is 0 Å². The van der Waals surface area contributed by atoms with E-state index in [9.17, 15) is 14.8 Å². The number of fused-ring (bicyclic) bond motifs is 1. The van der Waals surface area contributed by atoms with Gasteiger partial charge in [0.25, 0.3) is 0 Å². The van der Waals surface area contributed by atoms with Crippen LogP contribution in [0.4, 0.5) is 5.82 Å². The van der Waals surface area contributed by atoms with Crippen LogP contribution in [0.15, 0.2) is 15.9 Å². The Morgan fingerprint density at radius 1 is 1.33 bits per heavy atom. The highest BCUT2D eigenvalue weighted by molar-refractivity contribution is 5.83. The van der Waals surface area contributed by atoms with Crippen molar-refractivity contribution in [3.63, 3.8) is 0 Å². The molecule has 0 saturated carbocycles. The van der Waals surface area contributed by atoms with Crippen LogP contribution in [0.1, 0.15) is 13.3 Å². The van der Waals surface area contributed by atoms with E-state index in [1.807, 2.05) is 6.92 Å². The molecule has 0 saturated heterocycles. The summed E-state index contributed by atoms with van der Waals surface area (Å²) in [6.07, 6.45) is 2.07. The lowest BCUT2D eigenvalue weighted by Gasteiger charge is -2.17. The van der Waals surface area contributed by atoms with Crippen molar-refractivity contribution in [3.05, 3.63) is 32.2 Å². The van der Waals surface area contributed by atoms with Gasteiger partial charge >= 0.3 is 11.1 Å². The van der Waals surface area contributed by atoms with E-state index in [4.69, 9.17) is 0 Å². The molecule has 0 unspecified atom stereocenters. The van der Waals surface area contributed by atoms with Gasteiger partial charge in [-0.25, -0.2) is 9.97 Å². The SMILES string of the molecule is CCCNc1ncnc2c1n([O-])c(=O)c(=O)n2C. The van der Waals surface area contributed by atoms with E-state index in [-0.39, 0.29) is 21.7 Å². The van der Waals surface area contributed by atoms with Crippen molar-refractivity contribution in [1.29, 1.82) is 0 Å². The van der Waals surface area contributed by atoms with Crippen LogP contribution in [-0.2, 0) is 7.05 Å². The van der Waals surface area contributed by atoms with E-state index in [1.165, 1.54) is 13.4 Å². The minimum atomic E-state index is -1.14. The predicted molar refractivity (Wildman–Crippen MR) is 66.6 cm³/mol. The van der Waals surface area contributed by atoms with Crippen molar-refractivity contribution in [1.82, 2.24) is 19.3 Å². The Balaban J connectivity index is 2.84. The third-order valence-corrected chi connectivity index (χ3v) is 2.54. The molecule has 0 aromatic carbocycles. The third-order valence-electron chi connectivity index (χ3n) is 2.54. The fraction of sp³-hybridized carbons (Fsp3) is 0.400. The molecule has 0 amide bonds. The molecule has 2 aromatic heterocycles. The molecule has 2 aromatic rings. The Bertz CT molecular complexity index is 703. The number of hydrogen-bond acceptors (Lipinski definition) is 6. The first-order chi connectivity index (χ1) is 8.57. The van der Waals surface area contributed by atoms with Crippen molar-refractivity contribution in [2.75, 3.05) is 11.9 Å². The average molecular weight is 250 g/mol. The van der Waals surface area contributed by atoms with Gasteiger partial charge in [0.1, 0.15) is 11.8 Å². The maximum Gasteiger partial charge on any atom is 0.317 e. The summed E-state index contributed by atoms with van der Waals surface area (Å²) in [6.45, 7) is 2.56. The molecule has 0 aliphatic rings. The van der Waals surface area contributed by atoms with Crippen LogP contribution < -0.4 is 16.4 Å². The van der Waals surface area contributed by atoms with E-state index >= 15 is 0 Å². The molecule has 0 fully saturated rings. The second kappa shape index (κ2) is 4.47. The lowest BCUT2D eigenvalue weighted by molar-refractivity contribution is 0.823. The zero-order valence-corrected chi connectivity index (χ0v) is 10.0. The molecule has 2 heterocycles. The number of aromatic nitrogens is 4. The Hall–Kier alpha value is -2.38. The molecular weight excluding hydrogens is 238 g/mol. The van der Waals surface area contributed by atoms with Gasteiger partial charge < -0.3 is 15.3 Å². The van der Waals surface area contributed by atoms with Gasteiger partial charge in [-0.2, -0.15) is 0 Å². The maximum atomic E-state index is 11.8. The molecule has 8 heteroatoms. The average Bonchev–Trinajstić information content (AvgIpc) is 2.40. The predicted octanol–water partition coefficient (Wildman–Crippen LogP) is -0.342. The molecule has 96 valence electrons. The lowest BCUT2D eigenvalue weighted by atomic mass is 10.4. The topological polar surface area (TPSA) is 105 Å². The summed E-state index contributed by atoms with van der Waals surface area (Å²) < 4.78 is 1.08. The number of aryl methyl sites for hydroxylation is 1. The molecule has 0 bridgehead atoms. The highest BCUT2D eigenvalue weighted by Crippen LogP contribution is 2.15. The molecule has 0 radical (unpaired) electrons. The number of hydrogen-bond donors (Lipinski definition) is 1. The van der Waals surface area contributed by atoms with E-state index in [2.05, 4.69) is 15.3 Å². The van der Waals surface area contributed by atoms with E-state index in [0.29, 0.717) is 6.54 Å². The zero-order chi connectivity index (χ0) is 13.3. The molecule has 0 aliphatic heterocycles. The molecular formula is C10H12N5O3-. The first-order valence-electron chi connectivity index (χ1n) is 5.46. The fourth-order valence-corrected chi connectivity index (χ4v) is 1.60. The Kier molecular flexibility index (Phi) is 3.00. The summed E-state index contributed by atoms with van der Waals surface area (Å²) in [5.41, 5.74) is -1.93. The normalized spacial score (nSPS) is 10.8. The first kappa shape index (κ1) is 12.1. The second-order valence-corrected chi connectivity index (χ2v) is 3.78. The largest absolute Gasteiger partial charge is 0.803 e. The zero-order valence-electron chi connectivity index (χ0n) is 10.0. The molecule has 0 aliphatic carbocycles. The monoisotopic (exact) mass is 250 g/mol. The van der Waals surface area contributed by atoms with Crippen molar-refractivity contribution < 1.29 is 0 Å². The summed E-state index contributed by atoms with van der Waals surface area (Å²) in [6, 6.07) is 0. The number of anilines is 1. The number of nitrogens with zero attached hydrogens (tertiary/aromatic N) is 4. The van der Waals surface area contributed by atoms with Gasteiger partial charge in [-0.05, 0) is 6.42 Å². The second-order valence-electron chi connectivity index (χ2n) is 3.78. The minimum Gasteiger partial charge on any atom is -0.803 e. The van der Waals surface area contributed by atoms with Crippen molar-refractivity contribution in [3.8, 4) is 0 Å². The van der Waals surface area contributed by atoms with Crippen LogP contribution in [0.3, 0.4) is 0 Å². The Morgan fingerprint density at radius 2 is 2.06 bits per heavy atom. The first-order valence-corrected chi connectivity index (χ1v) is 5.46. The van der Waals surface area contributed by atoms with Crippen LogP contribution in [-0.4, -0.2) is 25.8 Å². The maximum absolute atomic E-state index is 11.8. The molecule has 2 rings (SSSR count). The lowest BCUT2D eigenvalue weighted by Crippen LogP contribution is -2.39. The van der Waals surface area contributed by atoms with Gasteiger partial charge in [0.2, 0.25) is 0 Å². The smallest absolute Gasteiger partial charge is 0.317 e. The summed E-state index contributed by atoms with van der Waals surface area (Å²) in [7, 11) is 1.39. The highest BCUT2D eigenvalue weighted by atomic mass is 16.5. The summed E-state index contributed by atoms with van der Waals surface area (Å²) in [5, 5.41) is 14.7. The number of nitrogens with one attached hydrogen (secondary N) is 1. The standard InChI is InChI=1S/C10H12N5O3/c1-3-4-11-7-6-8(13-5-12-7)14(2)9(16)10(17)15(6)18/h5H,3-4H2,1-2H3,(H,11,12,13)/q-1. The van der Waals surface area contributed by atoms with Crippen molar-refractivity contribution in [2.24, 2.45) is 7.05 Å². The third kappa shape index (κ3) is 1.71. The molecule has 0 atom stereocenters. The quantitative estimate of drug-likeness (QED) is 0.747.